The summed E-state index contributed by atoms with van der Waals surface area (Å²) in [5.41, 5.74) is 7.13. The Morgan fingerprint density at radius 3 is 2.90 bits per heavy atom. The van der Waals surface area contributed by atoms with Crippen LogP contribution in [0.4, 0.5) is 5.69 Å². The minimum atomic E-state index is -0.476. The molecule has 8 nitrogen and oxygen atoms in total. The second kappa shape index (κ2) is 5.76. The zero-order valence-electron chi connectivity index (χ0n) is 11.1. The molecule has 0 bridgehead atoms. The Labute approximate surface area is 114 Å². The van der Waals surface area contributed by atoms with E-state index in [0.717, 1.165) is 0 Å². The van der Waals surface area contributed by atoms with Crippen molar-refractivity contribution in [1.82, 2.24) is 10.1 Å². The minimum absolute atomic E-state index is 0.0158. The van der Waals surface area contributed by atoms with Crippen LogP contribution in [0, 0.1) is 17.0 Å². The number of non-ortho nitro benzene ring substituents is 1. The van der Waals surface area contributed by atoms with Crippen LogP contribution in [0.15, 0.2) is 22.7 Å². The van der Waals surface area contributed by atoms with Crippen LogP contribution in [0.3, 0.4) is 0 Å². The zero-order chi connectivity index (χ0) is 14.7. The molecule has 0 fully saturated rings. The molecule has 1 atom stereocenters. The molecule has 1 aromatic carbocycles. The maximum Gasteiger partial charge on any atom is 0.269 e. The summed E-state index contributed by atoms with van der Waals surface area (Å²) in [5.74, 6) is 0.610. The minimum Gasteiger partial charge on any atom is -0.383 e. The normalized spacial score (nSPS) is 12.3. The summed E-state index contributed by atoms with van der Waals surface area (Å²) in [7, 11) is 1.53. The molecule has 2 rings (SSSR count). The molecule has 0 spiro atoms. The molecule has 1 unspecified atom stereocenters. The Kier molecular flexibility index (Phi) is 4.06. The van der Waals surface area contributed by atoms with Crippen LogP contribution < -0.4 is 5.73 Å². The number of aryl methyl sites for hydroxylation is 1. The average molecular weight is 278 g/mol. The van der Waals surface area contributed by atoms with E-state index in [9.17, 15) is 10.1 Å². The summed E-state index contributed by atoms with van der Waals surface area (Å²) in [4.78, 5) is 14.4. The van der Waals surface area contributed by atoms with Gasteiger partial charge in [-0.05, 0) is 18.6 Å². The number of benzene rings is 1. The van der Waals surface area contributed by atoms with E-state index >= 15 is 0 Å². The lowest BCUT2D eigenvalue weighted by Gasteiger charge is -2.03. The SMILES string of the molecule is COCC(N)c1noc(-c2ccc([N+](=O)[O-])cc2C)n1. The van der Waals surface area contributed by atoms with Gasteiger partial charge < -0.3 is 15.0 Å². The summed E-state index contributed by atoms with van der Waals surface area (Å²) < 4.78 is 10.0. The topological polar surface area (TPSA) is 117 Å². The quantitative estimate of drug-likeness (QED) is 0.651. The lowest BCUT2D eigenvalue weighted by atomic mass is 10.1. The molecular weight excluding hydrogens is 264 g/mol. The molecule has 0 amide bonds. The molecule has 0 aliphatic heterocycles. The van der Waals surface area contributed by atoms with Gasteiger partial charge in [0.2, 0.25) is 0 Å². The Hall–Kier alpha value is -2.32. The van der Waals surface area contributed by atoms with Crippen LogP contribution in [0.1, 0.15) is 17.4 Å². The fourth-order valence-corrected chi connectivity index (χ4v) is 1.75. The summed E-state index contributed by atoms with van der Waals surface area (Å²) in [6, 6.07) is 3.94. The summed E-state index contributed by atoms with van der Waals surface area (Å²) in [6.45, 7) is 2.01. The van der Waals surface area contributed by atoms with E-state index in [1.807, 2.05) is 0 Å². The van der Waals surface area contributed by atoms with E-state index in [0.29, 0.717) is 17.0 Å². The number of methoxy groups -OCH3 is 1. The van der Waals surface area contributed by atoms with Crippen molar-refractivity contribution < 1.29 is 14.2 Å². The van der Waals surface area contributed by atoms with Crippen LogP contribution in [0.25, 0.3) is 11.5 Å². The predicted molar refractivity (Wildman–Crippen MR) is 69.9 cm³/mol. The maximum absolute atomic E-state index is 10.7. The number of rotatable bonds is 5. The highest BCUT2D eigenvalue weighted by molar-refractivity contribution is 5.61. The molecule has 0 aliphatic carbocycles. The molecule has 0 radical (unpaired) electrons. The van der Waals surface area contributed by atoms with Gasteiger partial charge in [-0.3, -0.25) is 10.1 Å². The molecule has 2 N–H and O–H groups in total. The first kappa shape index (κ1) is 14.1. The molecule has 8 heteroatoms. The van der Waals surface area contributed by atoms with E-state index in [-0.39, 0.29) is 18.2 Å². The summed E-state index contributed by atoms with van der Waals surface area (Å²) in [5, 5.41) is 14.5. The molecule has 0 aliphatic rings. The number of hydrogen-bond donors (Lipinski definition) is 1. The van der Waals surface area contributed by atoms with Gasteiger partial charge in [-0.25, -0.2) is 0 Å². The molecule has 0 saturated heterocycles. The van der Waals surface area contributed by atoms with Gasteiger partial charge in [-0.15, -0.1) is 0 Å². The van der Waals surface area contributed by atoms with E-state index < -0.39 is 11.0 Å². The molecule has 1 heterocycles. The average Bonchev–Trinajstić information content (AvgIpc) is 2.88. The Morgan fingerprint density at radius 2 is 2.30 bits per heavy atom. The van der Waals surface area contributed by atoms with Crippen molar-refractivity contribution in [2.24, 2.45) is 5.73 Å². The Bertz CT molecular complexity index is 626. The lowest BCUT2D eigenvalue weighted by Crippen LogP contribution is -2.17. The van der Waals surface area contributed by atoms with Crippen molar-refractivity contribution in [3.63, 3.8) is 0 Å². The number of aromatic nitrogens is 2. The smallest absolute Gasteiger partial charge is 0.269 e. The third-order valence-electron chi connectivity index (χ3n) is 2.77. The van der Waals surface area contributed by atoms with Crippen LogP contribution in [-0.2, 0) is 4.74 Å². The molecule has 2 aromatic rings. The summed E-state index contributed by atoms with van der Waals surface area (Å²) in [6.07, 6.45) is 0. The van der Waals surface area contributed by atoms with Gasteiger partial charge in [-0.1, -0.05) is 5.16 Å². The van der Waals surface area contributed by atoms with Gasteiger partial charge in [0, 0.05) is 24.8 Å². The van der Waals surface area contributed by atoms with E-state index in [2.05, 4.69) is 10.1 Å². The van der Waals surface area contributed by atoms with Crippen molar-refractivity contribution in [1.29, 1.82) is 0 Å². The fourth-order valence-electron chi connectivity index (χ4n) is 1.75. The molecule has 106 valence electrons. The first-order valence-electron chi connectivity index (χ1n) is 5.86. The third-order valence-corrected chi connectivity index (χ3v) is 2.77. The highest BCUT2D eigenvalue weighted by atomic mass is 16.6. The zero-order valence-corrected chi connectivity index (χ0v) is 11.1. The molecular formula is C12H14N4O4. The van der Waals surface area contributed by atoms with E-state index in [1.54, 1.807) is 13.0 Å². The second-order valence-electron chi connectivity index (χ2n) is 4.28. The number of nitro benzene ring substituents is 1. The Balaban J connectivity index is 2.30. The third kappa shape index (κ3) is 2.81. The van der Waals surface area contributed by atoms with E-state index in [4.69, 9.17) is 15.0 Å². The maximum atomic E-state index is 10.7. The number of nitro groups is 1. The van der Waals surface area contributed by atoms with Gasteiger partial charge in [0.1, 0.15) is 0 Å². The number of nitrogens with two attached hydrogens (primary N) is 1. The van der Waals surface area contributed by atoms with Gasteiger partial charge in [0.15, 0.2) is 5.82 Å². The summed E-state index contributed by atoms with van der Waals surface area (Å²) >= 11 is 0. The van der Waals surface area contributed by atoms with E-state index in [1.165, 1.54) is 19.2 Å². The van der Waals surface area contributed by atoms with Crippen molar-refractivity contribution >= 4 is 5.69 Å². The molecule has 20 heavy (non-hydrogen) atoms. The fraction of sp³-hybridized carbons (Fsp3) is 0.333. The largest absolute Gasteiger partial charge is 0.383 e. The van der Waals surface area contributed by atoms with Gasteiger partial charge in [-0.2, -0.15) is 4.98 Å². The van der Waals surface area contributed by atoms with Crippen LogP contribution >= 0.6 is 0 Å². The highest BCUT2D eigenvalue weighted by Crippen LogP contribution is 2.26. The molecule has 1 aromatic heterocycles. The van der Waals surface area contributed by atoms with Crippen LogP contribution in [0.5, 0.6) is 0 Å². The number of hydrogen-bond acceptors (Lipinski definition) is 7. The first-order chi connectivity index (χ1) is 9.52. The van der Waals surface area contributed by atoms with Crippen molar-refractivity contribution in [3.8, 4) is 11.5 Å². The number of nitrogens with zero attached hydrogens (tertiary/aromatic N) is 3. The Morgan fingerprint density at radius 1 is 1.55 bits per heavy atom. The van der Waals surface area contributed by atoms with Crippen molar-refractivity contribution in [2.75, 3.05) is 13.7 Å². The van der Waals surface area contributed by atoms with Gasteiger partial charge in [0.05, 0.1) is 17.6 Å². The number of ether oxygens (including phenoxy) is 1. The second-order valence-corrected chi connectivity index (χ2v) is 4.28. The van der Waals surface area contributed by atoms with Gasteiger partial charge in [0.25, 0.3) is 11.6 Å². The van der Waals surface area contributed by atoms with Crippen molar-refractivity contribution in [2.45, 2.75) is 13.0 Å². The monoisotopic (exact) mass is 278 g/mol. The van der Waals surface area contributed by atoms with Crippen LogP contribution in [-0.4, -0.2) is 28.8 Å². The standard InChI is InChI=1S/C12H14N4O4/c1-7-5-8(16(17)18)3-4-9(7)12-14-11(15-20-12)10(13)6-19-2/h3-5,10H,6,13H2,1-2H3. The predicted octanol–water partition coefficient (Wildman–Crippen LogP) is 1.60. The highest BCUT2D eigenvalue weighted by Gasteiger charge is 2.17. The van der Waals surface area contributed by atoms with Crippen molar-refractivity contribution in [3.05, 3.63) is 39.7 Å². The van der Waals surface area contributed by atoms with Crippen LogP contribution in [0.2, 0.25) is 0 Å². The first-order valence-corrected chi connectivity index (χ1v) is 5.86. The van der Waals surface area contributed by atoms with Gasteiger partial charge >= 0.3 is 0 Å². The molecule has 0 saturated carbocycles. The lowest BCUT2D eigenvalue weighted by molar-refractivity contribution is -0.384.